The minimum atomic E-state index is -0.359. The molecular formula is C17H20O3. The number of carbonyl (C=O) groups is 1. The van der Waals surface area contributed by atoms with E-state index in [1.807, 2.05) is 19.1 Å². The van der Waals surface area contributed by atoms with E-state index < -0.39 is 0 Å². The third kappa shape index (κ3) is 1.97. The normalized spacial score (nSPS) is 32.6. The van der Waals surface area contributed by atoms with Crippen LogP contribution in [0.15, 0.2) is 39.7 Å². The van der Waals surface area contributed by atoms with Gasteiger partial charge in [-0.2, -0.15) is 0 Å². The molecule has 1 N–H and O–H groups in total. The van der Waals surface area contributed by atoms with Gasteiger partial charge in [-0.15, -0.1) is 0 Å². The molecule has 1 heterocycles. The van der Waals surface area contributed by atoms with Gasteiger partial charge in [0.15, 0.2) is 5.78 Å². The van der Waals surface area contributed by atoms with Crippen LogP contribution < -0.4 is 0 Å². The van der Waals surface area contributed by atoms with E-state index in [-0.39, 0.29) is 17.3 Å². The van der Waals surface area contributed by atoms with Crippen LogP contribution in [0.3, 0.4) is 0 Å². The van der Waals surface area contributed by atoms with Crippen molar-refractivity contribution in [2.45, 2.75) is 45.6 Å². The quantitative estimate of drug-likeness (QED) is 0.796. The first kappa shape index (κ1) is 13.4. The number of hydrogen-bond acceptors (Lipinski definition) is 3. The molecule has 0 aliphatic heterocycles. The number of ketones is 1. The summed E-state index contributed by atoms with van der Waals surface area (Å²) in [6.07, 6.45) is 8.10. The summed E-state index contributed by atoms with van der Waals surface area (Å²) in [7, 11) is 0. The van der Waals surface area contributed by atoms with Gasteiger partial charge in [0.1, 0.15) is 0 Å². The fraction of sp³-hybridized carbons (Fsp3) is 0.471. The van der Waals surface area contributed by atoms with Gasteiger partial charge in [0.05, 0.1) is 18.6 Å². The van der Waals surface area contributed by atoms with Crippen molar-refractivity contribution in [1.82, 2.24) is 0 Å². The fourth-order valence-electron chi connectivity index (χ4n) is 3.65. The second kappa shape index (κ2) is 4.74. The topological polar surface area (TPSA) is 50.4 Å². The zero-order valence-corrected chi connectivity index (χ0v) is 12.0. The lowest BCUT2D eigenvalue weighted by molar-refractivity contribution is -0.113. The maximum atomic E-state index is 12.5. The Morgan fingerprint density at radius 1 is 1.50 bits per heavy atom. The molecule has 1 aromatic heterocycles. The Labute approximate surface area is 119 Å². The van der Waals surface area contributed by atoms with Gasteiger partial charge >= 0.3 is 0 Å². The Bertz CT molecular complexity index is 592. The van der Waals surface area contributed by atoms with Gasteiger partial charge in [0, 0.05) is 16.6 Å². The highest BCUT2D eigenvalue weighted by molar-refractivity contribution is 6.12. The number of fused-ring (bicyclic) bond motifs is 1. The number of carbonyl (C=O) groups excluding carboxylic acids is 1. The lowest BCUT2D eigenvalue weighted by Gasteiger charge is -2.45. The summed E-state index contributed by atoms with van der Waals surface area (Å²) in [4.78, 5) is 12.5. The van der Waals surface area contributed by atoms with Crippen molar-refractivity contribution in [3.05, 3.63) is 40.9 Å². The van der Waals surface area contributed by atoms with E-state index in [9.17, 15) is 9.90 Å². The lowest BCUT2D eigenvalue weighted by atomic mass is 9.61. The number of furan rings is 1. The van der Waals surface area contributed by atoms with Gasteiger partial charge in [-0.3, -0.25) is 4.79 Å². The summed E-state index contributed by atoms with van der Waals surface area (Å²) in [6, 6.07) is 1.84. The highest BCUT2D eigenvalue weighted by Crippen LogP contribution is 2.50. The number of Topliss-reactive ketones (excluding diaryl/α,β-unsaturated/α-hetero) is 1. The van der Waals surface area contributed by atoms with E-state index in [0.29, 0.717) is 6.42 Å². The molecule has 2 aliphatic rings. The molecule has 3 rings (SSSR count). The summed E-state index contributed by atoms with van der Waals surface area (Å²) >= 11 is 0. The number of aliphatic hydroxyl groups is 1. The number of rotatable bonds is 1. The van der Waals surface area contributed by atoms with Gasteiger partial charge in [-0.25, -0.2) is 0 Å². The molecule has 3 nitrogen and oxygen atoms in total. The molecule has 0 amide bonds. The summed E-state index contributed by atoms with van der Waals surface area (Å²) in [5.41, 5.74) is 3.37. The first-order chi connectivity index (χ1) is 9.52. The highest BCUT2D eigenvalue weighted by atomic mass is 16.3. The van der Waals surface area contributed by atoms with Gasteiger partial charge in [0.25, 0.3) is 0 Å². The van der Waals surface area contributed by atoms with E-state index in [4.69, 9.17) is 4.42 Å². The molecule has 0 aromatic carbocycles. The highest BCUT2D eigenvalue weighted by Gasteiger charge is 2.45. The molecule has 0 spiro atoms. The second-order valence-corrected chi connectivity index (χ2v) is 6.16. The van der Waals surface area contributed by atoms with Gasteiger partial charge in [-0.05, 0) is 50.3 Å². The van der Waals surface area contributed by atoms with Gasteiger partial charge in [-0.1, -0.05) is 12.5 Å². The van der Waals surface area contributed by atoms with Crippen molar-refractivity contribution in [3.8, 4) is 0 Å². The van der Waals surface area contributed by atoms with Gasteiger partial charge < -0.3 is 9.52 Å². The van der Waals surface area contributed by atoms with Crippen LogP contribution in [-0.2, 0) is 4.79 Å². The van der Waals surface area contributed by atoms with Crippen LogP contribution in [0.2, 0.25) is 0 Å². The number of allylic oxidation sites excluding steroid dienone is 2. The Kier molecular flexibility index (Phi) is 3.17. The van der Waals surface area contributed by atoms with Crippen molar-refractivity contribution in [2.75, 3.05) is 0 Å². The maximum absolute atomic E-state index is 12.5. The Balaban J connectivity index is 2.06. The molecule has 1 fully saturated rings. The van der Waals surface area contributed by atoms with Crippen LogP contribution >= 0.6 is 0 Å². The Morgan fingerprint density at radius 3 is 3.00 bits per heavy atom. The molecule has 1 saturated carbocycles. The third-order valence-corrected chi connectivity index (χ3v) is 4.86. The lowest BCUT2D eigenvalue weighted by Crippen LogP contribution is -2.42. The molecule has 0 saturated heterocycles. The fourth-order valence-corrected chi connectivity index (χ4v) is 3.65. The summed E-state index contributed by atoms with van der Waals surface area (Å²) in [5, 5.41) is 10.4. The van der Waals surface area contributed by atoms with Crippen LogP contribution in [0.1, 0.15) is 45.1 Å². The van der Waals surface area contributed by atoms with Crippen molar-refractivity contribution >= 4 is 11.9 Å². The maximum Gasteiger partial charge on any atom is 0.184 e. The van der Waals surface area contributed by atoms with E-state index in [1.54, 1.807) is 12.5 Å². The average Bonchev–Trinajstić information content (AvgIpc) is 2.91. The molecule has 2 atom stereocenters. The molecule has 0 bridgehead atoms. The van der Waals surface area contributed by atoms with Crippen molar-refractivity contribution < 1.29 is 14.3 Å². The average molecular weight is 272 g/mol. The molecule has 3 heteroatoms. The Morgan fingerprint density at radius 2 is 2.30 bits per heavy atom. The van der Waals surface area contributed by atoms with Gasteiger partial charge in [0.2, 0.25) is 0 Å². The Hall–Kier alpha value is -1.61. The minimum absolute atomic E-state index is 0.118. The third-order valence-electron chi connectivity index (χ3n) is 4.86. The standard InChI is InChI=1S/C17H20O3/c1-11-14-4-3-5-15(18)17(14,2)9-13(16(11)19)8-12-6-7-20-10-12/h6-8,10,15,18H,3-5,9H2,1-2H3/b13-8+/t15-,17-/m0/s1. The zero-order valence-electron chi connectivity index (χ0n) is 12.0. The monoisotopic (exact) mass is 272 g/mol. The van der Waals surface area contributed by atoms with Crippen LogP contribution in [0.4, 0.5) is 0 Å². The van der Waals surface area contributed by atoms with Crippen molar-refractivity contribution in [3.63, 3.8) is 0 Å². The SMILES string of the molecule is CC1=C2CCC[C@H](O)[C@@]2(C)C/C(=C\c2ccoc2)C1=O. The van der Waals surface area contributed by atoms with E-state index in [1.165, 1.54) is 0 Å². The van der Waals surface area contributed by atoms with Crippen LogP contribution in [-0.4, -0.2) is 17.0 Å². The minimum Gasteiger partial charge on any atom is -0.472 e. The van der Waals surface area contributed by atoms with Crippen LogP contribution in [0.5, 0.6) is 0 Å². The molecule has 1 aromatic rings. The molecular weight excluding hydrogens is 252 g/mol. The van der Waals surface area contributed by atoms with Crippen molar-refractivity contribution in [2.24, 2.45) is 5.41 Å². The van der Waals surface area contributed by atoms with E-state index >= 15 is 0 Å². The van der Waals surface area contributed by atoms with E-state index in [2.05, 4.69) is 6.92 Å². The van der Waals surface area contributed by atoms with Crippen LogP contribution in [0.25, 0.3) is 6.08 Å². The van der Waals surface area contributed by atoms with Crippen LogP contribution in [0, 0.1) is 5.41 Å². The number of aliphatic hydroxyl groups excluding tert-OH is 1. The second-order valence-electron chi connectivity index (χ2n) is 6.16. The summed E-state index contributed by atoms with van der Waals surface area (Å²) in [6.45, 7) is 3.99. The molecule has 106 valence electrons. The molecule has 20 heavy (non-hydrogen) atoms. The van der Waals surface area contributed by atoms with Crippen molar-refractivity contribution in [1.29, 1.82) is 0 Å². The number of hydrogen-bond donors (Lipinski definition) is 1. The zero-order chi connectivity index (χ0) is 14.3. The summed E-state index contributed by atoms with van der Waals surface area (Å²) in [5.74, 6) is 0.118. The predicted molar refractivity (Wildman–Crippen MR) is 77.0 cm³/mol. The molecule has 0 radical (unpaired) electrons. The van der Waals surface area contributed by atoms with E-state index in [0.717, 1.165) is 41.5 Å². The first-order valence-electron chi connectivity index (χ1n) is 7.18. The summed E-state index contributed by atoms with van der Waals surface area (Å²) < 4.78 is 5.05. The smallest absolute Gasteiger partial charge is 0.184 e. The first-order valence-corrected chi connectivity index (χ1v) is 7.18. The largest absolute Gasteiger partial charge is 0.472 e. The predicted octanol–water partition coefficient (Wildman–Crippen LogP) is 3.50. The molecule has 2 aliphatic carbocycles. The molecule has 0 unspecified atom stereocenters.